The van der Waals surface area contributed by atoms with E-state index in [1.807, 2.05) is 42.5 Å². The van der Waals surface area contributed by atoms with Crippen molar-refractivity contribution < 1.29 is 9.53 Å². The molecule has 1 atom stereocenters. The number of ether oxygens (including phenoxy) is 1. The maximum atomic E-state index is 12.4. The fourth-order valence-corrected chi connectivity index (χ4v) is 2.53. The zero-order chi connectivity index (χ0) is 13.9. The lowest BCUT2D eigenvalue weighted by atomic mass is 9.99. The van der Waals surface area contributed by atoms with Crippen LogP contribution in [-0.2, 0) is 4.74 Å². The molecule has 0 bridgehead atoms. The zero-order valence-corrected chi connectivity index (χ0v) is 11.6. The first-order valence-corrected chi connectivity index (χ1v) is 7.02. The molecule has 1 aliphatic rings. The highest BCUT2D eigenvalue weighted by molar-refractivity contribution is 6.00. The molecule has 1 unspecified atom stereocenters. The fourth-order valence-electron chi connectivity index (χ4n) is 2.53. The van der Waals surface area contributed by atoms with Gasteiger partial charge in [0.2, 0.25) is 0 Å². The van der Waals surface area contributed by atoms with Crippen LogP contribution in [0, 0.1) is 5.92 Å². The molecule has 102 valence electrons. The number of carbonyl (C=O) groups excluding carboxylic acids is 1. The van der Waals surface area contributed by atoms with Crippen LogP contribution in [0.25, 0.3) is 11.1 Å². The zero-order valence-electron chi connectivity index (χ0n) is 11.6. The summed E-state index contributed by atoms with van der Waals surface area (Å²) in [4.78, 5) is 12.4. The van der Waals surface area contributed by atoms with E-state index >= 15 is 0 Å². The van der Waals surface area contributed by atoms with E-state index < -0.39 is 0 Å². The topological polar surface area (TPSA) is 26.3 Å². The molecule has 20 heavy (non-hydrogen) atoms. The largest absolute Gasteiger partial charge is 0.373 e. The van der Waals surface area contributed by atoms with Crippen molar-refractivity contribution in [2.45, 2.75) is 18.9 Å². The van der Waals surface area contributed by atoms with Crippen molar-refractivity contribution in [3.05, 3.63) is 60.2 Å². The Bertz CT molecular complexity index is 583. The number of Topliss-reactive ketones (excluding diaryl/α,β-unsaturated/α-hetero) is 1. The molecule has 0 aliphatic heterocycles. The van der Waals surface area contributed by atoms with Gasteiger partial charge in [-0.2, -0.15) is 0 Å². The van der Waals surface area contributed by atoms with E-state index in [-0.39, 0.29) is 11.9 Å². The van der Waals surface area contributed by atoms with Gasteiger partial charge in [0.15, 0.2) is 5.78 Å². The standard InChI is InChI=1S/C18H18O2/c1-20-18(16-11-12-16)17(19)15-9-7-14(8-10-15)13-5-3-2-4-6-13/h2-10,16,18H,11-12H2,1H3. The molecule has 2 nitrogen and oxygen atoms in total. The smallest absolute Gasteiger partial charge is 0.191 e. The second kappa shape index (κ2) is 5.59. The summed E-state index contributed by atoms with van der Waals surface area (Å²) < 4.78 is 5.36. The van der Waals surface area contributed by atoms with Gasteiger partial charge < -0.3 is 4.74 Å². The molecule has 0 saturated heterocycles. The monoisotopic (exact) mass is 266 g/mol. The Balaban J connectivity index is 1.80. The van der Waals surface area contributed by atoms with E-state index in [0.717, 1.165) is 29.5 Å². The first-order chi connectivity index (χ1) is 9.79. The van der Waals surface area contributed by atoms with Crippen molar-refractivity contribution in [3.8, 4) is 11.1 Å². The quantitative estimate of drug-likeness (QED) is 0.766. The Kier molecular flexibility index (Phi) is 3.66. The molecule has 1 fully saturated rings. The Labute approximate surface area is 119 Å². The molecule has 0 spiro atoms. The third-order valence-electron chi connectivity index (χ3n) is 3.84. The summed E-state index contributed by atoms with van der Waals surface area (Å²) in [7, 11) is 1.62. The van der Waals surface area contributed by atoms with Gasteiger partial charge in [-0.15, -0.1) is 0 Å². The lowest BCUT2D eigenvalue weighted by Gasteiger charge is -2.13. The van der Waals surface area contributed by atoms with Gasteiger partial charge in [0.25, 0.3) is 0 Å². The van der Waals surface area contributed by atoms with Crippen LogP contribution in [-0.4, -0.2) is 19.0 Å². The molecule has 1 saturated carbocycles. The van der Waals surface area contributed by atoms with Crippen LogP contribution in [0.4, 0.5) is 0 Å². The number of methoxy groups -OCH3 is 1. The second-order valence-electron chi connectivity index (χ2n) is 5.30. The van der Waals surface area contributed by atoms with Gasteiger partial charge in [-0.05, 0) is 29.9 Å². The van der Waals surface area contributed by atoms with Crippen molar-refractivity contribution in [2.75, 3.05) is 7.11 Å². The number of ketones is 1. The Morgan fingerprint density at radius 1 is 1.00 bits per heavy atom. The average molecular weight is 266 g/mol. The highest BCUT2D eigenvalue weighted by Gasteiger charge is 2.36. The summed E-state index contributed by atoms with van der Waals surface area (Å²) in [6.45, 7) is 0. The minimum Gasteiger partial charge on any atom is -0.373 e. The maximum Gasteiger partial charge on any atom is 0.191 e. The van der Waals surface area contributed by atoms with Crippen LogP contribution in [0.15, 0.2) is 54.6 Å². The molecule has 3 rings (SSSR count). The molecule has 2 aromatic rings. The average Bonchev–Trinajstić information content (AvgIpc) is 3.34. The van der Waals surface area contributed by atoms with Crippen molar-refractivity contribution in [1.29, 1.82) is 0 Å². The molecular formula is C18H18O2. The van der Waals surface area contributed by atoms with Crippen molar-refractivity contribution in [1.82, 2.24) is 0 Å². The van der Waals surface area contributed by atoms with Crippen molar-refractivity contribution >= 4 is 5.78 Å². The maximum absolute atomic E-state index is 12.4. The van der Waals surface area contributed by atoms with Crippen LogP contribution in [0.5, 0.6) is 0 Å². The predicted molar refractivity (Wildman–Crippen MR) is 79.7 cm³/mol. The minimum atomic E-state index is -0.266. The molecule has 0 radical (unpaired) electrons. The molecule has 0 N–H and O–H groups in total. The van der Waals surface area contributed by atoms with Crippen LogP contribution < -0.4 is 0 Å². The third kappa shape index (κ3) is 2.66. The van der Waals surface area contributed by atoms with Gasteiger partial charge >= 0.3 is 0 Å². The van der Waals surface area contributed by atoms with Gasteiger partial charge in [0, 0.05) is 12.7 Å². The van der Waals surface area contributed by atoms with Gasteiger partial charge in [0.1, 0.15) is 6.10 Å². The summed E-state index contributed by atoms with van der Waals surface area (Å²) in [5, 5.41) is 0. The molecule has 1 aliphatic carbocycles. The first kappa shape index (κ1) is 13.1. The third-order valence-corrected chi connectivity index (χ3v) is 3.84. The van der Waals surface area contributed by atoms with Gasteiger partial charge in [-0.3, -0.25) is 4.79 Å². The fraction of sp³-hybridized carbons (Fsp3) is 0.278. The van der Waals surface area contributed by atoms with Gasteiger partial charge in [-0.25, -0.2) is 0 Å². The Morgan fingerprint density at radius 2 is 1.60 bits per heavy atom. The predicted octanol–water partition coefficient (Wildman–Crippen LogP) is 3.96. The number of benzene rings is 2. The van der Waals surface area contributed by atoms with E-state index in [1.165, 1.54) is 0 Å². The van der Waals surface area contributed by atoms with Crippen molar-refractivity contribution in [3.63, 3.8) is 0 Å². The van der Waals surface area contributed by atoms with Gasteiger partial charge in [0.05, 0.1) is 0 Å². The number of hydrogen-bond donors (Lipinski definition) is 0. The van der Waals surface area contributed by atoms with Crippen LogP contribution in [0.2, 0.25) is 0 Å². The highest BCUT2D eigenvalue weighted by atomic mass is 16.5. The summed E-state index contributed by atoms with van der Waals surface area (Å²) in [6, 6.07) is 18.0. The summed E-state index contributed by atoms with van der Waals surface area (Å²) >= 11 is 0. The minimum absolute atomic E-state index is 0.106. The van der Waals surface area contributed by atoms with Crippen LogP contribution in [0.3, 0.4) is 0 Å². The molecule has 0 amide bonds. The SMILES string of the molecule is COC(C(=O)c1ccc(-c2ccccc2)cc1)C1CC1. The Hall–Kier alpha value is -1.93. The Morgan fingerprint density at radius 3 is 2.15 bits per heavy atom. The highest BCUT2D eigenvalue weighted by Crippen LogP contribution is 2.35. The van der Waals surface area contributed by atoms with E-state index in [0.29, 0.717) is 5.92 Å². The van der Waals surface area contributed by atoms with Gasteiger partial charge in [-0.1, -0.05) is 54.6 Å². The number of carbonyl (C=O) groups is 1. The van der Waals surface area contributed by atoms with E-state index in [9.17, 15) is 4.79 Å². The normalized spacial score (nSPS) is 15.8. The number of rotatable bonds is 5. The molecule has 0 aromatic heterocycles. The van der Waals surface area contributed by atoms with E-state index in [4.69, 9.17) is 4.74 Å². The van der Waals surface area contributed by atoms with E-state index in [1.54, 1.807) is 7.11 Å². The summed E-state index contributed by atoms with van der Waals surface area (Å²) in [6.07, 6.45) is 1.94. The molecule has 0 heterocycles. The lowest BCUT2D eigenvalue weighted by molar-refractivity contribution is 0.0540. The first-order valence-electron chi connectivity index (χ1n) is 7.02. The van der Waals surface area contributed by atoms with E-state index in [2.05, 4.69) is 12.1 Å². The number of hydrogen-bond acceptors (Lipinski definition) is 2. The molecular weight excluding hydrogens is 248 g/mol. The van der Waals surface area contributed by atoms with Crippen LogP contribution in [0.1, 0.15) is 23.2 Å². The second-order valence-corrected chi connectivity index (χ2v) is 5.30. The van der Waals surface area contributed by atoms with Crippen molar-refractivity contribution in [2.24, 2.45) is 5.92 Å². The molecule has 2 heteroatoms. The molecule has 2 aromatic carbocycles. The van der Waals surface area contributed by atoms with Crippen LogP contribution >= 0.6 is 0 Å². The summed E-state index contributed by atoms with van der Waals surface area (Å²) in [5.41, 5.74) is 3.03. The summed E-state index contributed by atoms with van der Waals surface area (Å²) in [5.74, 6) is 0.524. The lowest BCUT2D eigenvalue weighted by Crippen LogP contribution is -2.25.